The van der Waals surface area contributed by atoms with E-state index in [2.05, 4.69) is 20.9 Å². The summed E-state index contributed by atoms with van der Waals surface area (Å²) in [5.41, 5.74) is 6.23. The van der Waals surface area contributed by atoms with E-state index in [4.69, 9.17) is 16.0 Å². The van der Waals surface area contributed by atoms with Crippen LogP contribution in [-0.2, 0) is 11.3 Å². The molecule has 0 atom stereocenters. The standard InChI is InChI=1S/C25H28ClN5O3/c1-15(19-9-6-10-20(13-19)27-24(32)18-7-4-5-8-18)28-29-25(33)22-12-11-21(34-22)14-31-17(3)23(26)16(2)30-31/h6,9-13,18H,4-5,7-8,14H2,1-3H3,(H,27,32)(H,29,33)/b28-15-. The van der Waals surface area contributed by atoms with E-state index in [1.54, 1.807) is 23.7 Å². The summed E-state index contributed by atoms with van der Waals surface area (Å²) in [4.78, 5) is 24.9. The number of aryl methyl sites for hydroxylation is 1. The van der Waals surface area contributed by atoms with Crippen LogP contribution in [0.15, 0.2) is 45.9 Å². The lowest BCUT2D eigenvalue weighted by molar-refractivity contribution is -0.119. The zero-order chi connectivity index (χ0) is 24.2. The number of furan rings is 1. The van der Waals surface area contributed by atoms with Gasteiger partial charge in [-0.25, -0.2) is 5.43 Å². The molecular weight excluding hydrogens is 454 g/mol. The van der Waals surface area contributed by atoms with Gasteiger partial charge in [0.1, 0.15) is 5.76 Å². The highest BCUT2D eigenvalue weighted by Crippen LogP contribution is 2.26. The predicted molar refractivity (Wildman–Crippen MR) is 131 cm³/mol. The van der Waals surface area contributed by atoms with E-state index in [1.165, 1.54) is 0 Å². The van der Waals surface area contributed by atoms with E-state index >= 15 is 0 Å². The van der Waals surface area contributed by atoms with Crippen molar-refractivity contribution in [2.75, 3.05) is 5.32 Å². The minimum absolute atomic E-state index is 0.0638. The van der Waals surface area contributed by atoms with Gasteiger partial charge in [0.2, 0.25) is 5.91 Å². The lowest BCUT2D eigenvalue weighted by Crippen LogP contribution is -2.20. The van der Waals surface area contributed by atoms with E-state index < -0.39 is 5.91 Å². The molecule has 3 aromatic rings. The molecule has 0 aliphatic heterocycles. The summed E-state index contributed by atoms with van der Waals surface area (Å²) in [5, 5.41) is 12.2. The Bertz CT molecular complexity index is 1240. The van der Waals surface area contributed by atoms with Gasteiger partial charge in [-0.2, -0.15) is 10.2 Å². The Morgan fingerprint density at radius 1 is 1.21 bits per heavy atom. The van der Waals surface area contributed by atoms with E-state index in [-0.39, 0.29) is 17.6 Å². The molecule has 2 heterocycles. The molecule has 1 aliphatic rings. The third kappa shape index (κ3) is 5.39. The van der Waals surface area contributed by atoms with Crippen LogP contribution in [0.1, 0.15) is 65.9 Å². The van der Waals surface area contributed by atoms with Crippen LogP contribution < -0.4 is 10.7 Å². The van der Waals surface area contributed by atoms with E-state index in [0.29, 0.717) is 23.0 Å². The molecule has 8 nitrogen and oxygen atoms in total. The molecule has 1 aromatic carbocycles. The molecule has 0 radical (unpaired) electrons. The predicted octanol–water partition coefficient (Wildman–Crippen LogP) is 5.08. The molecular formula is C25H28ClN5O3. The molecule has 2 N–H and O–H groups in total. The molecule has 4 rings (SSSR count). The van der Waals surface area contributed by atoms with Gasteiger partial charge in [0, 0.05) is 11.6 Å². The molecule has 1 saturated carbocycles. The summed E-state index contributed by atoms with van der Waals surface area (Å²) in [6.45, 7) is 5.88. The van der Waals surface area contributed by atoms with Crippen molar-refractivity contribution in [1.29, 1.82) is 0 Å². The summed E-state index contributed by atoms with van der Waals surface area (Å²) in [6.07, 6.45) is 4.11. The number of nitrogens with zero attached hydrogens (tertiary/aromatic N) is 3. The Morgan fingerprint density at radius 2 is 1.97 bits per heavy atom. The Balaban J connectivity index is 1.37. The third-order valence-electron chi connectivity index (χ3n) is 6.08. The van der Waals surface area contributed by atoms with Gasteiger partial charge in [-0.1, -0.05) is 36.6 Å². The van der Waals surface area contributed by atoms with Crippen LogP contribution in [0.3, 0.4) is 0 Å². The second kappa shape index (κ2) is 10.3. The number of carbonyl (C=O) groups excluding carboxylic acids is 2. The third-order valence-corrected chi connectivity index (χ3v) is 6.63. The van der Waals surface area contributed by atoms with E-state index in [9.17, 15) is 9.59 Å². The first-order valence-corrected chi connectivity index (χ1v) is 11.7. The monoisotopic (exact) mass is 481 g/mol. The Labute approximate surface area is 203 Å². The summed E-state index contributed by atoms with van der Waals surface area (Å²) >= 11 is 6.19. The lowest BCUT2D eigenvalue weighted by atomic mass is 10.1. The van der Waals surface area contributed by atoms with Crippen LogP contribution in [0.4, 0.5) is 5.69 Å². The van der Waals surface area contributed by atoms with Crippen LogP contribution in [0.2, 0.25) is 5.02 Å². The van der Waals surface area contributed by atoms with Crippen LogP contribution in [0.25, 0.3) is 0 Å². The lowest BCUT2D eigenvalue weighted by Gasteiger charge is -2.11. The number of rotatable bonds is 7. The first-order valence-electron chi connectivity index (χ1n) is 11.4. The first-order chi connectivity index (χ1) is 16.3. The van der Waals surface area contributed by atoms with Crippen molar-refractivity contribution in [2.45, 2.75) is 53.0 Å². The Hall–Kier alpha value is -3.39. The quantitative estimate of drug-likeness (QED) is 0.363. The van der Waals surface area contributed by atoms with Gasteiger partial charge in [-0.05, 0) is 63.4 Å². The Kier molecular flexibility index (Phi) is 7.17. The number of hydrogen-bond acceptors (Lipinski definition) is 5. The first kappa shape index (κ1) is 23.8. The second-order valence-corrected chi connectivity index (χ2v) is 8.98. The van der Waals surface area contributed by atoms with E-state index in [1.807, 2.05) is 38.1 Å². The highest BCUT2D eigenvalue weighted by atomic mass is 35.5. The van der Waals surface area contributed by atoms with Crippen LogP contribution >= 0.6 is 11.6 Å². The number of hydrazone groups is 1. The van der Waals surface area contributed by atoms with Gasteiger partial charge in [0.05, 0.1) is 28.7 Å². The molecule has 34 heavy (non-hydrogen) atoms. The maximum absolute atomic E-state index is 12.5. The summed E-state index contributed by atoms with van der Waals surface area (Å²) in [5.74, 6) is 0.432. The summed E-state index contributed by atoms with van der Waals surface area (Å²) in [7, 11) is 0. The van der Waals surface area contributed by atoms with Crippen molar-refractivity contribution >= 4 is 34.8 Å². The van der Waals surface area contributed by atoms with Gasteiger partial charge in [0.15, 0.2) is 5.76 Å². The van der Waals surface area contributed by atoms with Crippen LogP contribution in [-0.4, -0.2) is 27.3 Å². The molecule has 2 aromatic heterocycles. The molecule has 1 aliphatic carbocycles. The van der Waals surface area contributed by atoms with Crippen LogP contribution in [0.5, 0.6) is 0 Å². The zero-order valence-electron chi connectivity index (χ0n) is 19.5. The van der Waals surface area contributed by atoms with Gasteiger partial charge in [-0.15, -0.1) is 0 Å². The minimum atomic E-state index is -0.456. The number of hydrogen-bond donors (Lipinski definition) is 2. The highest BCUT2D eigenvalue weighted by Gasteiger charge is 2.22. The molecule has 0 unspecified atom stereocenters. The number of carbonyl (C=O) groups is 2. The van der Waals surface area contributed by atoms with Crippen molar-refractivity contribution < 1.29 is 14.0 Å². The molecule has 2 amide bonds. The highest BCUT2D eigenvalue weighted by molar-refractivity contribution is 6.31. The molecule has 178 valence electrons. The molecule has 9 heteroatoms. The maximum atomic E-state index is 12.5. The second-order valence-electron chi connectivity index (χ2n) is 8.60. The van der Waals surface area contributed by atoms with Crippen molar-refractivity contribution in [3.05, 3.63) is 69.9 Å². The number of benzene rings is 1. The van der Waals surface area contributed by atoms with Crippen molar-refractivity contribution in [3.63, 3.8) is 0 Å². The largest absolute Gasteiger partial charge is 0.454 e. The topological polar surface area (TPSA) is 102 Å². The fourth-order valence-corrected chi connectivity index (χ4v) is 4.21. The van der Waals surface area contributed by atoms with Gasteiger partial charge in [-0.3, -0.25) is 14.3 Å². The minimum Gasteiger partial charge on any atom is -0.454 e. The zero-order valence-corrected chi connectivity index (χ0v) is 20.3. The molecule has 0 bridgehead atoms. The average molecular weight is 482 g/mol. The summed E-state index contributed by atoms with van der Waals surface area (Å²) in [6, 6.07) is 10.8. The number of amides is 2. The SMILES string of the molecule is C/C(=N/NC(=O)c1ccc(Cn2nc(C)c(Cl)c2C)o1)c1cccc(NC(=O)C2CCCC2)c1. The smallest absolute Gasteiger partial charge is 0.307 e. The summed E-state index contributed by atoms with van der Waals surface area (Å²) < 4.78 is 7.41. The molecule has 0 saturated heterocycles. The number of anilines is 1. The fraction of sp³-hybridized carbons (Fsp3) is 0.360. The average Bonchev–Trinajstić information content (AvgIpc) is 3.57. The van der Waals surface area contributed by atoms with Gasteiger partial charge in [0.25, 0.3) is 0 Å². The van der Waals surface area contributed by atoms with Gasteiger partial charge >= 0.3 is 5.91 Å². The van der Waals surface area contributed by atoms with E-state index in [0.717, 1.165) is 48.3 Å². The normalized spacial score (nSPS) is 14.4. The number of nitrogens with one attached hydrogen (secondary N) is 2. The fourth-order valence-electron chi connectivity index (χ4n) is 4.07. The van der Waals surface area contributed by atoms with Crippen molar-refractivity contribution in [1.82, 2.24) is 15.2 Å². The van der Waals surface area contributed by atoms with Gasteiger partial charge < -0.3 is 9.73 Å². The molecule has 1 fully saturated rings. The maximum Gasteiger partial charge on any atom is 0.307 e. The van der Waals surface area contributed by atoms with Crippen molar-refractivity contribution in [2.24, 2.45) is 11.0 Å². The number of halogens is 1. The van der Waals surface area contributed by atoms with Crippen molar-refractivity contribution in [3.8, 4) is 0 Å². The number of aromatic nitrogens is 2. The molecule has 0 spiro atoms. The Morgan fingerprint density at radius 3 is 2.68 bits per heavy atom. The van der Waals surface area contributed by atoms with Crippen LogP contribution in [0, 0.1) is 19.8 Å².